The number of amides is 1. The van der Waals surface area contributed by atoms with Gasteiger partial charge in [-0.1, -0.05) is 0 Å². The van der Waals surface area contributed by atoms with Crippen molar-refractivity contribution in [3.8, 4) is 0 Å². The van der Waals surface area contributed by atoms with Crippen molar-refractivity contribution in [2.45, 2.75) is 24.2 Å². The van der Waals surface area contributed by atoms with E-state index in [1.54, 1.807) is 7.05 Å². The van der Waals surface area contributed by atoms with Crippen LogP contribution in [0.15, 0.2) is 12.7 Å². The first kappa shape index (κ1) is 15.6. The average molecular weight is 324 g/mol. The Morgan fingerprint density at radius 1 is 1.43 bits per heavy atom. The van der Waals surface area contributed by atoms with E-state index in [2.05, 4.69) is 25.6 Å². The molecule has 0 bridgehead atoms. The van der Waals surface area contributed by atoms with Crippen molar-refractivity contribution >= 4 is 23.4 Å². The lowest BCUT2D eigenvalue weighted by molar-refractivity contribution is -0.170. The number of aromatic nitrogens is 4. The molecule has 0 saturated carbocycles. The van der Waals surface area contributed by atoms with Crippen molar-refractivity contribution in [2.75, 3.05) is 19.0 Å². The van der Waals surface area contributed by atoms with Crippen molar-refractivity contribution in [2.24, 2.45) is 0 Å². The summed E-state index contributed by atoms with van der Waals surface area (Å²) in [5.41, 5.74) is 0.656. The van der Waals surface area contributed by atoms with Crippen LogP contribution in [0.1, 0.15) is 0 Å². The van der Waals surface area contributed by atoms with Gasteiger partial charge in [-0.3, -0.25) is 9.36 Å². The van der Waals surface area contributed by atoms with Crippen LogP contribution in [0.2, 0.25) is 0 Å². The minimum absolute atomic E-state index is 0.267. The molecule has 1 aliphatic rings. The van der Waals surface area contributed by atoms with Gasteiger partial charge in [0.1, 0.15) is 24.9 Å². The van der Waals surface area contributed by atoms with E-state index in [9.17, 15) is 20.1 Å². The molecule has 0 aliphatic carbocycles. The van der Waals surface area contributed by atoms with E-state index in [4.69, 9.17) is 4.74 Å². The maximum atomic E-state index is 11.0. The predicted molar refractivity (Wildman–Crippen MR) is 76.0 cm³/mol. The van der Waals surface area contributed by atoms with Gasteiger partial charge in [0, 0.05) is 7.05 Å². The Morgan fingerprint density at radius 3 is 2.83 bits per heavy atom. The molecule has 1 fully saturated rings. The van der Waals surface area contributed by atoms with E-state index in [1.165, 1.54) is 17.2 Å². The van der Waals surface area contributed by atoms with E-state index < -0.39 is 30.8 Å². The third kappa shape index (κ3) is 2.13. The van der Waals surface area contributed by atoms with Gasteiger partial charge in [-0.2, -0.15) is 0 Å². The third-order valence-electron chi connectivity index (χ3n) is 3.81. The smallest absolute Gasteiger partial charge is 0.257 e. The highest BCUT2D eigenvalue weighted by molar-refractivity contribution is 5.82. The van der Waals surface area contributed by atoms with Crippen molar-refractivity contribution in [3.63, 3.8) is 0 Å². The van der Waals surface area contributed by atoms with Gasteiger partial charge in [-0.25, -0.2) is 15.0 Å². The first-order valence-electron chi connectivity index (χ1n) is 6.81. The largest absolute Gasteiger partial charge is 0.394 e. The molecule has 3 heterocycles. The fraction of sp³-hybridized carbons (Fsp3) is 0.500. The Balaban J connectivity index is 2.18. The van der Waals surface area contributed by atoms with Gasteiger partial charge in [0.2, 0.25) is 6.41 Å². The lowest BCUT2D eigenvalue weighted by Gasteiger charge is -2.32. The first-order chi connectivity index (χ1) is 11.1. The molecule has 0 spiro atoms. The summed E-state index contributed by atoms with van der Waals surface area (Å²) in [6, 6.07) is 0. The second-order valence-electron chi connectivity index (χ2n) is 4.99. The summed E-state index contributed by atoms with van der Waals surface area (Å²) in [6.45, 7) is -0.538. The Kier molecular flexibility index (Phi) is 3.85. The molecule has 2 aromatic heterocycles. The lowest BCUT2D eigenvalue weighted by atomic mass is 10.1. The van der Waals surface area contributed by atoms with Crippen molar-refractivity contribution in [3.05, 3.63) is 12.7 Å². The number of hydrogen-bond donors (Lipinski definition) is 5. The fourth-order valence-corrected chi connectivity index (χ4v) is 2.68. The number of carbonyl (C=O) groups is 1. The topological polar surface area (TPSA) is 155 Å². The second-order valence-corrected chi connectivity index (χ2v) is 4.99. The number of imidazole rings is 1. The van der Waals surface area contributed by atoms with Crippen LogP contribution >= 0.6 is 0 Å². The molecule has 124 valence electrons. The fourth-order valence-electron chi connectivity index (χ4n) is 2.68. The zero-order valence-corrected chi connectivity index (χ0v) is 12.1. The van der Waals surface area contributed by atoms with E-state index in [0.29, 0.717) is 17.7 Å². The highest BCUT2D eigenvalue weighted by Gasteiger charge is 2.56. The molecule has 0 radical (unpaired) electrons. The highest BCUT2D eigenvalue weighted by atomic mass is 16.6. The summed E-state index contributed by atoms with van der Waals surface area (Å²) in [5, 5.41) is 34.9. The minimum Gasteiger partial charge on any atom is -0.394 e. The predicted octanol–water partition coefficient (Wildman–Crippen LogP) is -2.66. The van der Waals surface area contributed by atoms with Gasteiger partial charge in [0.05, 0.1) is 6.61 Å². The number of fused-ring (bicyclic) bond motifs is 1. The van der Waals surface area contributed by atoms with E-state index in [1.807, 2.05) is 0 Å². The number of ether oxygens (including phenoxy) is 1. The zero-order valence-electron chi connectivity index (χ0n) is 12.1. The van der Waals surface area contributed by atoms with Crippen LogP contribution in [-0.4, -0.2) is 73.2 Å². The van der Waals surface area contributed by atoms with Gasteiger partial charge in [0.25, 0.3) is 5.85 Å². The molecule has 1 saturated heterocycles. The van der Waals surface area contributed by atoms with Gasteiger partial charge in [-0.05, 0) is 0 Å². The Bertz CT molecular complexity index is 723. The minimum atomic E-state index is -1.84. The number of carbonyl (C=O) groups excluding carboxylic acids is 1. The third-order valence-corrected chi connectivity index (χ3v) is 3.81. The number of aliphatic hydroxyl groups excluding tert-OH is 3. The molecule has 4 atom stereocenters. The van der Waals surface area contributed by atoms with Crippen LogP contribution in [-0.2, 0) is 15.4 Å². The molecule has 0 aromatic carbocycles. The normalized spacial score (nSPS) is 30.5. The van der Waals surface area contributed by atoms with E-state index >= 15 is 0 Å². The standard InChI is InChI=1S/C12H16N6O5/c1-13-10-7-11(15-3-14-10)18(4-16-7)12(17-5-20)9(22)8(21)6(2-19)23-12/h3-6,8-9,19,21-22H,2H2,1H3,(H,17,20)(H,13,14,15)/t6-,8-,9-,12+/m1/s1. The van der Waals surface area contributed by atoms with Crippen LogP contribution in [0.5, 0.6) is 0 Å². The monoisotopic (exact) mass is 324 g/mol. The van der Waals surface area contributed by atoms with Gasteiger partial charge in [0.15, 0.2) is 23.1 Å². The van der Waals surface area contributed by atoms with Crippen LogP contribution in [0, 0.1) is 0 Å². The molecule has 1 amide bonds. The number of anilines is 1. The van der Waals surface area contributed by atoms with Crippen molar-refractivity contribution in [1.82, 2.24) is 24.8 Å². The van der Waals surface area contributed by atoms with Crippen molar-refractivity contribution in [1.29, 1.82) is 0 Å². The molecule has 2 aromatic rings. The number of aliphatic hydroxyl groups is 3. The SMILES string of the molecule is CNc1ncnc2c1ncn2[C@]1(NC=O)O[C@H](CO)[C@@H](O)[C@H]1O. The molecular weight excluding hydrogens is 308 g/mol. The Morgan fingerprint density at radius 2 is 2.22 bits per heavy atom. The number of rotatable bonds is 5. The summed E-state index contributed by atoms with van der Waals surface area (Å²) in [7, 11) is 1.66. The molecule has 0 unspecified atom stereocenters. The van der Waals surface area contributed by atoms with Gasteiger partial charge >= 0.3 is 0 Å². The quantitative estimate of drug-likeness (QED) is 0.370. The van der Waals surface area contributed by atoms with Crippen LogP contribution in [0.4, 0.5) is 5.82 Å². The van der Waals surface area contributed by atoms with Gasteiger partial charge < -0.3 is 30.7 Å². The van der Waals surface area contributed by atoms with E-state index in [-0.39, 0.29) is 5.65 Å². The summed E-state index contributed by atoms with van der Waals surface area (Å²) < 4.78 is 6.82. The highest BCUT2D eigenvalue weighted by Crippen LogP contribution is 2.35. The molecule has 23 heavy (non-hydrogen) atoms. The number of hydrogen-bond acceptors (Lipinski definition) is 9. The van der Waals surface area contributed by atoms with Crippen molar-refractivity contribution < 1.29 is 24.9 Å². The number of nitrogens with one attached hydrogen (secondary N) is 2. The zero-order chi connectivity index (χ0) is 16.6. The average Bonchev–Trinajstić information content (AvgIpc) is 3.10. The van der Waals surface area contributed by atoms with E-state index in [0.717, 1.165) is 0 Å². The summed E-state index contributed by atoms with van der Waals surface area (Å²) in [6.07, 6.45) is -1.14. The van der Waals surface area contributed by atoms with Gasteiger partial charge in [-0.15, -0.1) is 0 Å². The maximum Gasteiger partial charge on any atom is 0.257 e. The summed E-state index contributed by atoms with van der Waals surface area (Å²) in [5.74, 6) is -1.40. The maximum absolute atomic E-state index is 11.0. The molecule has 3 rings (SSSR count). The summed E-state index contributed by atoms with van der Waals surface area (Å²) in [4.78, 5) is 23.3. The lowest BCUT2D eigenvalue weighted by Crippen LogP contribution is -2.55. The molecule has 11 heteroatoms. The van der Waals surface area contributed by atoms with Crippen LogP contribution in [0.25, 0.3) is 11.2 Å². The first-order valence-corrected chi connectivity index (χ1v) is 6.81. The second kappa shape index (κ2) is 5.70. The Hall–Kier alpha value is -2.34. The van der Waals surface area contributed by atoms with Crippen LogP contribution in [0.3, 0.4) is 0 Å². The molecule has 11 nitrogen and oxygen atoms in total. The molecule has 1 aliphatic heterocycles. The molecular formula is C12H16N6O5. The molecule has 5 N–H and O–H groups in total. The number of nitrogens with zero attached hydrogens (tertiary/aromatic N) is 4. The Labute approximate surface area is 129 Å². The summed E-state index contributed by atoms with van der Waals surface area (Å²) >= 11 is 0. The van der Waals surface area contributed by atoms with Crippen LogP contribution < -0.4 is 10.6 Å².